The minimum Gasteiger partial charge on any atom is -0.492 e. The van der Waals surface area contributed by atoms with Crippen LogP contribution < -0.4 is 4.74 Å². The van der Waals surface area contributed by atoms with E-state index in [0.29, 0.717) is 35.2 Å². The molecule has 1 fully saturated rings. The molecule has 0 aliphatic heterocycles. The van der Waals surface area contributed by atoms with Gasteiger partial charge in [-0.3, -0.25) is 4.79 Å². The van der Waals surface area contributed by atoms with Gasteiger partial charge < -0.3 is 9.47 Å². The lowest BCUT2D eigenvalue weighted by Gasteiger charge is -2.08. The zero-order valence-electron chi connectivity index (χ0n) is 9.83. The van der Waals surface area contributed by atoms with Crippen LogP contribution in [0.2, 0.25) is 10.0 Å². The van der Waals surface area contributed by atoms with Crippen LogP contribution in [0.1, 0.15) is 25.7 Å². The quantitative estimate of drug-likeness (QED) is 0.589. The summed E-state index contributed by atoms with van der Waals surface area (Å²) in [6, 6.07) is 5.05. The highest BCUT2D eigenvalue weighted by Gasteiger charge is 2.25. The molecule has 0 N–H and O–H groups in total. The first-order valence-electron chi connectivity index (χ1n) is 5.92. The third-order valence-electron chi connectivity index (χ3n) is 2.50. The highest BCUT2D eigenvalue weighted by Crippen LogP contribution is 2.27. The van der Waals surface area contributed by atoms with Crippen LogP contribution in [0.4, 0.5) is 0 Å². The number of hydrogen-bond acceptors (Lipinski definition) is 3. The second-order valence-electron chi connectivity index (χ2n) is 4.22. The average molecular weight is 289 g/mol. The summed E-state index contributed by atoms with van der Waals surface area (Å²) in [6.45, 7) is 0.432. The minimum atomic E-state index is -0.150. The first kappa shape index (κ1) is 13.5. The monoisotopic (exact) mass is 288 g/mol. The second kappa shape index (κ2) is 6.30. The maximum absolute atomic E-state index is 11.3. The molecular formula is C13H14Cl2O3. The van der Waals surface area contributed by atoms with Gasteiger partial charge >= 0.3 is 5.97 Å². The van der Waals surface area contributed by atoms with Crippen LogP contribution in [0.25, 0.3) is 0 Å². The molecule has 1 saturated carbocycles. The van der Waals surface area contributed by atoms with Crippen LogP contribution in [0.15, 0.2) is 18.2 Å². The van der Waals surface area contributed by atoms with Gasteiger partial charge in [0.05, 0.1) is 11.6 Å². The molecule has 0 spiro atoms. The van der Waals surface area contributed by atoms with E-state index in [9.17, 15) is 4.79 Å². The molecule has 0 bridgehead atoms. The van der Waals surface area contributed by atoms with Gasteiger partial charge in [-0.05, 0) is 37.5 Å². The van der Waals surface area contributed by atoms with Gasteiger partial charge in [-0.2, -0.15) is 0 Å². The Bertz CT molecular complexity index is 430. The van der Waals surface area contributed by atoms with Crippen molar-refractivity contribution in [1.29, 1.82) is 0 Å². The zero-order chi connectivity index (χ0) is 13.0. The van der Waals surface area contributed by atoms with Gasteiger partial charge in [0.15, 0.2) is 0 Å². The molecule has 1 aromatic carbocycles. The molecule has 0 unspecified atom stereocenters. The van der Waals surface area contributed by atoms with Gasteiger partial charge in [0, 0.05) is 11.4 Å². The largest absolute Gasteiger partial charge is 0.492 e. The van der Waals surface area contributed by atoms with Crippen molar-refractivity contribution in [3.05, 3.63) is 28.2 Å². The summed E-state index contributed by atoms with van der Waals surface area (Å²) in [5.74, 6) is 0.430. The van der Waals surface area contributed by atoms with Crippen molar-refractivity contribution in [2.24, 2.45) is 0 Å². The Morgan fingerprint density at radius 2 is 2.11 bits per heavy atom. The topological polar surface area (TPSA) is 35.5 Å². The number of carbonyl (C=O) groups is 1. The zero-order valence-corrected chi connectivity index (χ0v) is 11.3. The molecule has 2 rings (SSSR count). The summed E-state index contributed by atoms with van der Waals surface area (Å²) < 4.78 is 10.6. The normalized spacial score (nSPS) is 14.3. The summed E-state index contributed by atoms with van der Waals surface area (Å²) in [7, 11) is 0. The Hall–Kier alpha value is -0.930. The lowest BCUT2D eigenvalue weighted by Crippen LogP contribution is -2.08. The molecule has 0 heterocycles. The van der Waals surface area contributed by atoms with E-state index in [2.05, 4.69) is 0 Å². The van der Waals surface area contributed by atoms with Crippen LogP contribution in [0.3, 0.4) is 0 Å². The van der Waals surface area contributed by atoms with Gasteiger partial charge in [-0.1, -0.05) is 23.2 Å². The van der Waals surface area contributed by atoms with E-state index in [1.807, 2.05) is 0 Å². The number of rotatable bonds is 6. The Kier molecular flexibility index (Phi) is 4.72. The summed E-state index contributed by atoms with van der Waals surface area (Å²) >= 11 is 11.7. The fraction of sp³-hybridized carbons (Fsp3) is 0.462. The van der Waals surface area contributed by atoms with Crippen LogP contribution in [-0.2, 0) is 9.53 Å². The molecule has 0 amide bonds. The van der Waals surface area contributed by atoms with Gasteiger partial charge in [-0.15, -0.1) is 0 Å². The standard InChI is InChI=1S/C13H14Cl2O3/c14-9-3-6-12(11(15)8-9)17-7-1-2-13(16)18-10-4-5-10/h3,6,8,10H,1-2,4-5,7H2. The first-order chi connectivity index (χ1) is 8.65. The molecule has 1 aliphatic rings. The number of hydrogen-bond donors (Lipinski definition) is 0. The molecule has 18 heavy (non-hydrogen) atoms. The van der Waals surface area contributed by atoms with Crippen molar-refractivity contribution < 1.29 is 14.3 Å². The first-order valence-corrected chi connectivity index (χ1v) is 6.68. The van der Waals surface area contributed by atoms with E-state index in [0.717, 1.165) is 12.8 Å². The smallest absolute Gasteiger partial charge is 0.306 e. The van der Waals surface area contributed by atoms with E-state index < -0.39 is 0 Å². The molecule has 0 aromatic heterocycles. The fourth-order valence-electron chi connectivity index (χ4n) is 1.42. The Morgan fingerprint density at radius 1 is 1.33 bits per heavy atom. The molecule has 0 atom stereocenters. The van der Waals surface area contributed by atoms with Crippen LogP contribution in [0.5, 0.6) is 5.75 Å². The van der Waals surface area contributed by atoms with Crippen molar-refractivity contribution >= 4 is 29.2 Å². The van der Waals surface area contributed by atoms with E-state index >= 15 is 0 Å². The molecule has 3 nitrogen and oxygen atoms in total. The third-order valence-corrected chi connectivity index (χ3v) is 3.03. The van der Waals surface area contributed by atoms with Crippen molar-refractivity contribution in [1.82, 2.24) is 0 Å². The maximum Gasteiger partial charge on any atom is 0.306 e. The van der Waals surface area contributed by atoms with Gasteiger partial charge in [0.25, 0.3) is 0 Å². The summed E-state index contributed by atoms with van der Waals surface area (Å²) in [4.78, 5) is 11.3. The second-order valence-corrected chi connectivity index (χ2v) is 5.06. The van der Waals surface area contributed by atoms with Crippen molar-refractivity contribution in [2.75, 3.05) is 6.61 Å². The number of ether oxygens (including phenoxy) is 2. The molecule has 1 aromatic rings. The summed E-state index contributed by atoms with van der Waals surface area (Å²) in [5, 5.41) is 1.04. The maximum atomic E-state index is 11.3. The van der Waals surface area contributed by atoms with Gasteiger partial charge in [0.1, 0.15) is 11.9 Å². The average Bonchev–Trinajstić information content (AvgIpc) is 3.10. The van der Waals surface area contributed by atoms with Crippen LogP contribution in [-0.4, -0.2) is 18.7 Å². The molecule has 0 radical (unpaired) electrons. The molecule has 5 heteroatoms. The van der Waals surface area contributed by atoms with E-state index in [1.54, 1.807) is 18.2 Å². The lowest BCUT2D eigenvalue weighted by atomic mass is 10.3. The molecule has 98 valence electrons. The van der Waals surface area contributed by atoms with E-state index in [-0.39, 0.29) is 12.1 Å². The van der Waals surface area contributed by atoms with Crippen molar-refractivity contribution in [2.45, 2.75) is 31.8 Å². The summed E-state index contributed by atoms with van der Waals surface area (Å²) in [6.07, 6.45) is 3.17. The fourth-order valence-corrected chi connectivity index (χ4v) is 1.88. The van der Waals surface area contributed by atoms with E-state index in [4.69, 9.17) is 32.7 Å². The van der Waals surface area contributed by atoms with Crippen LogP contribution >= 0.6 is 23.2 Å². The number of esters is 1. The van der Waals surface area contributed by atoms with E-state index in [1.165, 1.54) is 0 Å². The van der Waals surface area contributed by atoms with Crippen molar-refractivity contribution in [3.8, 4) is 5.75 Å². The highest BCUT2D eigenvalue weighted by atomic mass is 35.5. The lowest BCUT2D eigenvalue weighted by molar-refractivity contribution is -0.145. The third kappa shape index (κ3) is 4.39. The Balaban J connectivity index is 1.66. The summed E-state index contributed by atoms with van der Waals surface area (Å²) in [5.41, 5.74) is 0. The Morgan fingerprint density at radius 3 is 2.78 bits per heavy atom. The van der Waals surface area contributed by atoms with Crippen molar-refractivity contribution in [3.63, 3.8) is 0 Å². The number of benzene rings is 1. The molecule has 0 saturated heterocycles. The predicted octanol–water partition coefficient (Wildman–Crippen LogP) is 3.86. The predicted molar refractivity (Wildman–Crippen MR) is 70.3 cm³/mol. The molecular weight excluding hydrogens is 275 g/mol. The van der Waals surface area contributed by atoms with Gasteiger partial charge in [-0.25, -0.2) is 0 Å². The molecule has 1 aliphatic carbocycles. The minimum absolute atomic E-state index is 0.150. The van der Waals surface area contributed by atoms with Gasteiger partial charge in [0.2, 0.25) is 0 Å². The Labute approximate surface area is 116 Å². The number of halogens is 2. The number of carbonyl (C=O) groups excluding carboxylic acids is 1. The SMILES string of the molecule is O=C(CCCOc1ccc(Cl)cc1Cl)OC1CC1. The van der Waals surface area contributed by atoms with Crippen LogP contribution in [0, 0.1) is 0 Å². The highest BCUT2D eigenvalue weighted by molar-refractivity contribution is 6.35.